The summed E-state index contributed by atoms with van der Waals surface area (Å²) in [6.07, 6.45) is 6.36. The number of carbonyl (C=O) groups is 1. The Balaban J connectivity index is 2.63. The third kappa shape index (κ3) is 3.98. The van der Waals surface area contributed by atoms with Gasteiger partial charge in [0.15, 0.2) is 0 Å². The number of aliphatic hydroxyl groups excluding tert-OH is 1. The van der Waals surface area contributed by atoms with Gasteiger partial charge in [0.25, 0.3) is 0 Å². The number of aliphatic hydroxyl groups is 1. The van der Waals surface area contributed by atoms with E-state index in [2.05, 4.69) is 20.8 Å². The zero-order chi connectivity index (χ0) is 13.5. The first-order chi connectivity index (χ1) is 8.63. The van der Waals surface area contributed by atoms with Crippen LogP contribution in [0.25, 0.3) is 0 Å². The molecule has 1 rings (SSSR count). The van der Waals surface area contributed by atoms with E-state index in [1.54, 1.807) is 0 Å². The second kappa shape index (κ2) is 7.78. The molecule has 0 aliphatic heterocycles. The van der Waals surface area contributed by atoms with Gasteiger partial charge in [-0.15, -0.1) is 0 Å². The summed E-state index contributed by atoms with van der Waals surface area (Å²) < 4.78 is 0. The van der Waals surface area contributed by atoms with Crippen molar-refractivity contribution in [3.63, 3.8) is 0 Å². The van der Waals surface area contributed by atoms with Crippen LogP contribution in [-0.2, 0) is 4.79 Å². The minimum atomic E-state index is 0.0748. The average molecular weight is 255 g/mol. The van der Waals surface area contributed by atoms with E-state index < -0.39 is 0 Å². The standard InChI is InChI=1S/C15H29NO2/c1-4-14(5-2)16(10-11-17)15(18)13-8-6-12(3)7-9-13/h12-14,17H,4-11H2,1-3H3. The summed E-state index contributed by atoms with van der Waals surface area (Å²) in [5, 5.41) is 9.17. The third-order valence-electron chi connectivity index (χ3n) is 4.37. The highest BCUT2D eigenvalue weighted by molar-refractivity contribution is 5.79. The predicted octanol–water partition coefficient (Wildman–Crippen LogP) is 2.82. The number of carbonyl (C=O) groups excluding carboxylic acids is 1. The van der Waals surface area contributed by atoms with Gasteiger partial charge in [0, 0.05) is 18.5 Å². The van der Waals surface area contributed by atoms with Crippen LogP contribution in [0.4, 0.5) is 0 Å². The summed E-state index contributed by atoms with van der Waals surface area (Å²) >= 11 is 0. The van der Waals surface area contributed by atoms with Gasteiger partial charge in [-0.2, -0.15) is 0 Å². The molecule has 0 atom stereocenters. The predicted molar refractivity (Wildman–Crippen MR) is 74.3 cm³/mol. The van der Waals surface area contributed by atoms with Crippen LogP contribution in [0.3, 0.4) is 0 Å². The highest BCUT2D eigenvalue weighted by Gasteiger charge is 2.30. The van der Waals surface area contributed by atoms with E-state index in [9.17, 15) is 9.90 Å². The lowest BCUT2D eigenvalue weighted by molar-refractivity contribution is -0.140. The molecule has 18 heavy (non-hydrogen) atoms. The monoisotopic (exact) mass is 255 g/mol. The number of hydrogen-bond acceptors (Lipinski definition) is 2. The van der Waals surface area contributed by atoms with Crippen LogP contribution >= 0.6 is 0 Å². The molecule has 3 nitrogen and oxygen atoms in total. The highest BCUT2D eigenvalue weighted by atomic mass is 16.3. The normalized spacial score (nSPS) is 24.3. The number of nitrogens with zero attached hydrogens (tertiary/aromatic N) is 1. The lowest BCUT2D eigenvalue weighted by Gasteiger charge is -2.35. The lowest BCUT2D eigenvalue weighted by Crippen LogP contribution is -2.45. The van der Waals surface area contributed by atoms with Crippen LogP contribution in [0.2, 0.25) is 0 Å². The number of rotatable bonds is 6. The molecule has 0 aromatic heterocycles. The fourth-order valence-corrected chi connectivity index (χ4v) is 3.05. The maximum atomic E-state index is 12.6. The lowest BCUT2D eigenvalue weighted by atomic mass is 9.82. The van der Waals surface area contributed by atoms with Gasteiger partial charge in [0.2, 0.25) is 5.91 Å². The van der Waals surface area contributed by atoms with Gasteiger partial charge in [-0.3, -0.25) is 4.79 Å². The summed E-state index contributed by atoms with van der Waals surface area (Å²) in [5.41, 5.74) is 0. The van der Waals surface area contributed by atoms with Gasteiger partial charge in [-0.05, 0) is 44.4 Å². The Morgan fingerprint density at radius 2 is 1.78 bits per heavy atom. The van der Waals surface area contributed by atoms with Crippen molar-refractivity contribution in [1.29, 1.82) is 0 Å². The molecule has 0 heterocycles. The summed E-state index contributed by atoms with van der Waals surface area (Å²) in [5.74, 6) is 1.26. The molecule has 1 aliphatic rings. The first-order valence-electron chi connectivity index (χ1n) is 7.55. The van der Waals surface area contributed by atoms with Gasteiger partial charge in [-0.1, -0.05) is 20.8 Å². The molecule has 0 unspecified atom stereocenters. The van der Waals surface area contributed by atoms with E-state index in [0.29, 0.717) is 12.6 Å². The number of amides is 1. The molecule has 1 N–H and O–H groups in total. The fourth-order valence-electron chi connectivity index (χ4n) is 3.05. The Kier molecular flexibility index (Phi) is 6.69. The molecule has 0 radical (unpaired) electrons. The van der Waals surface area contributed by atoms with Gasteiger partial charge >= 0.3 is 0 Å². The Morgan fingerprint density at radius 1 is 1.22 bits per heavy atom. The topological polar surface area (TPSA) is 40.5 Å². The second-order valence-electron chi connectivity index (χ2n) is 5.68. The molecule has 0 aromatic carbocycles. The van der Waals surface area contributed by atoms with E-state index in [1.165, 1.54) is 12.8 Å². The zero-order valence-electron chi connectivity index (χ0n) is 12.2. The molecule has 1 fully saturated rings. The average Bonchev–Trinajstić information content (AvgIpc) is 2.39. The summed E-state index contributed by atoms with van der Waals surface area (Å²) in [6, 6.07) is 0.295. The molecule has 1 saturated carbocycles. The van der Waals surface area contributed by atoms with Crippen molar-refractivity contribution < 1.29 is 9.90 Å². The van der Waals surface area contributed by atoms with Crippen molar-refractivity contribution in [2.45, 2.75) is 65.3 Å². The fraction of sp³-hybridized carbons (Fsp3) is 0.933. The first-order valence-corrected chi connectivity index (χ1v) is 7.55. The van der Waals surface area contributed by atoms with Gasteiger partial charge in [0.1, 0.15) is 0 Å². The molecule has 0 bridgehead atoms. The van der Waals surface area contributed by atoms with E-state index >= 15 is 0 Å². The molecule has 1 amide bonds. The van der Waals surface area contributed by atoms with Crippen LogP contribution in [0.15, 0.2) is 0 Å². The largest absolute Gasteiger partial charge is 0.395 e. The molecule has 0 spiro atoms. The maximum Gasteiger partial charge on any atom is 0.226 e. The maximum absolute atomic E-state index is 12.6. The Bertz CT molecular complexity index is 243. The molecule has 0 aromatic rings. The highest BCUT2D eigenvalue weighted by Crippen LogP contribution is 2.30. The quantitative estimate of drug-likeness (QED) is 0.793. The van der Waals surface area contributed by atoms with Crippen molar-refractivity contribution in [1.82, 2.24) is 4.90 Å². The minimum absolute atomic E-state index is 0.0748. The minimum Gasteiger partial charge on any atom is -0.395 e. The third-order valence-corrected chi connectivity index (χ3v) is 4.37. The van der Waals surface area contributed by atoms with Crippen LogP contribution in [0.5, 0.6) is 0 Å². The Morgan fingerprint density at radius 3 is 2.22 bits per heavy atom. The summed E-state index contributed by atoms with van der Waals surface area (Å²) in [6.45, 7) is 7.08. The molecule has 106 valence electrons. The van der Waals surface area contributed by atoms with Crippen LogP contribution in [-0.4, -0.2) is 35.1 Å². The summed E-state index contributed by atoms with van der Waals surface area (Å²) in [4.78, 5) is 14.5. The zero-order valence-corrected chi connectivity index (χ0v) is 12.2. The van der Waals surface area contributed by atoms with Crippen molar-refractivity contribution >= 4 is 5.91 Å². The molecule has 0 saturated heterocycles. The second-order valence-corrected chi connectivity index (χ2v) is 5.68. The molecular formula is C15H29NO2. The molecule has 1 aliphatic carbocycles. The molecular weight excluding hydrogens is 226 g/mol. The van der Waals surface area contributed by atoms with Crippen LogP contribution in [0.1, 0.15) is 59.3 Å². The first kappa shape index (κ1) is 15.5. The van der Waals surface area contributed by atoms with Crippen LogP contribution < -0.4 is 0 Å². The van der Waals surface area contributed by atoms with E-state index in [-0.39, 0.29) is 18.4 Å². The Labute approximate surface area is 112 Å². The van der Waals surface area contributed by atoms with Crippen molar-refractivity contribution in [2.75, 3.05) is 13.2 Å². The van der Waals surface area contributed by atoms with E-state index in [4.69, 9.17) is 0 Å². The van der Waals surface area contributed by atoms with Gasteiger partial charge in [-0.25, -0.2) is 0 Å². The van der Waals surface area contributed by atoms with Gasteiger partial charge in [0.05, 0.1) is 6.61 Å². The van der Waals surface area contributed by atoms with Crippen molar-refractivity contribution in [2.24, 2.45) is 11.8 Å². The summed E-state index contributed by atoms with van der Waals surface area (Å²) in [7, 11) is 0. The number of hydrogen-bond donors (Lipinski definition) is 1. The molecule has 3 heteroatoms. The van der Waals surface area contributed by atoms with Crippen molar-refractivity contribution in [3.05, 3.63) is 0 Å². The van der Waals surface area contributed by atoms with E-state index in [0.717, 1.165) is 31.6 Å². The van der Waals surface area contributed by atoms with Crippen molar-refractivity contribution in [3.8, 4) is 0 Å². The Hall–Kier alpha value is -0.570. The SMILES string of the molecule is CCC(CC)N(CCO)C(=O)C1CCC(C)CC1. The van der Waals surface area contributed by atoms with Crippen LogP contribution in [0, 0.1) is 11.8 Å². The van der Waals surface area contributed by atoms with Gasteiger partial charge < -0.3 is 10.0 Å². The van der Waals surface area contributed by atoms with E-state index in [1.807, 2.05) is 4.90 Å². The smallest absolute Gasteiger partial charge is 0.226 e.